The van der Waals surface area contributed by atoms with Crippen molar-refractivity contribution >= 4 is 11.8 Å². The molecule has 132 valence electrons. The predicted molar refractivity (Wildman–Crippen MR) is 81.9 cm³/mol. The Morgan fingerprint density at radius 2 is 2.17 bits per heavy atom. The molecule has 0 fully saturated rings. The molecule has 1 atom stereocenters. The van der Waals surface area contributed by atoms with E-state index in [4.69, 9.17) is 9.47 Å². The predicted octanol–water partition coefficient (Wildman–Crippen LogP) is 3.51. The summed E-state index contributed by atoms with van der Waals surface area (Å²) >= 11 is 0. The molecular weight excluding hydrogens is 325 g/mol. The molecule has 0 saturated heterocycles. The van der Waals surface area contributed by atoms with Crippen LogP contribution in [0.1, 0.15) is 37.0 Å². The van der Waals surface area contributed by atoms with Gasteiger partial charge in [0.2, 0.25) is 0 Å². The van der Waals surface area contributed by atoms with Crippen molar-refractivity contribution in [2.45, 2.75) is 39.0 Å². The third-order valence-electron chi connectivity index (χ3n) is 3.64. The molecule has 0 radical (unpaired) electrons. The van der Waals surface area contributed by atoms with E-state index in [1.54, 1.807) is 6.07 Å². The normalized spacial score (nSPS) is 16.2. The maximum atomic E-state index is 13.4. The van der Waals surface area contributed by atoms with Crippen molar-refractivity contribution in [3.63, 3.8) is 0 Å². The van der Waals surface area contributed by atoms with Gasteiger partial charge in [0.1, 0.15) is 12.3 Å². The zero-order chi connectivity index (χ0) is 17.7. The summed E-state index contributed by atoms with van der Waals surface area (Å²) in [7, 11) is 0. The van der Waals surface area contributed by atoms with E-state index in [0.717, 1.165) is 6.07 Å². The Kier molecular flexibility index (Phi) is 5.82. The van der Waals surface area contributed by atoms with E-state index < -0.39 is 17.8 Å². The molecule has 0 saturated carbocycles. The molecule has 1 aliphatic rings. The summed E-state index contributed by atoms with van der Waals surface area (Å²) in [6, 6.07) is 4.03. The van der Waals surface area contributed by atoms with Crippen LogP contribution in [-0.4, -0.2) is 31.1 Å². The second-order valence-electron chi connectivity index (χ2n) is 5.42. The number of hydrazone groups is 1. The lowest BCUT2D eigenvalue weighted by molar-refractivity contribution is -0.138. The zero-order valence-corrected chi connectivity index (χ0v) is 13.4. The number of hydrogen-bond acceptors (Lipinski definition) is 4. The first kappa shape index (κ1) is 18.3. The van der Waals surface area contributed by atoms with Crippen LogP contribution in [0, 0.1) is 0 Å². The first-order chi connectivity index (χ1) is 11.3. The van der Waals surface area contributed by atoms with E-state index in [1.165, 1.54) is 6.07 Å². The lowest BCUT2D eigenvalue weighted by Gasteiger charge is -2.18. The number of nitrogens with zero attached hydrogens (tertiary/aromatic N) is 1. The number of halogens is 3. The third-order valence-corrected chi connectivity index (χ3v) is 3.64. The molecular formula is C16H19F3N2O3. The van der Waals surface area contributed by atoms with E-state index >= 15 is 0 Å². The van der Waals surface area contributed by atoms with Gasteiger partial charge in [0.05, 0.1) is 11.7 Å². The molecule has 24 heavy (non-hydrogen) atoms. The second-order valence-corrected chi connectivity index (χ2v) is 5.42. The van der Waals surface area contributed by atoms with Gasteiger partial charge in [-0.05, 0) is 38.3 Å². The molecule has 2 rings (SSSR count). The first-order valence-corrected chi connectivity index (χ1v) is 7.62. The molecule has 1 aromatic rings. The Hall–Kier alpha value is -2.09. The fourth-order valence-electron chi connectivity index (χ4n) is 2.42. The minimum absolute atomic E-state index is 0.109. The number of hydrogen-bond donors (Lipinski definition) is 1. The van der Waals surface area contributed by atoms with Crippen molar-refractivity contribution < 1.29 is 27.4 Å². The van der Waals surface area contributed by atoms with Crippen LogP contribution in [0.4, 0.5) is 18.0 Å². The molecule has 0 bridgehead atoms. The van der Waals surface area contributed by atoms with Gasteiger partial charge in [0.25, 0.3) is 0 Å². The van der Waals surface area contributed by atoms with Gasteiger partial charge in [-0.15, -0.1) is 0 Å². The zero-order valence-electron chi connectivity index (χ0n) is 13.4. The van der Waals surface area contributed by atoms with Crippen molar-refractivity contribution in [1.82, 2.24) is 5.43 Å². The van der Waals surface area contributed by atoms with Gasteiger partial charge >= 0.3 is 12.3 Å². The molecule has 1 unspecified atom stereocenters. The molecule has 1 aliphatic heterocycles. The number of benzene rings is 1. The Bertz CT molecular complexity index is 629. The van der Waals surface area contributed by atoms with Crippen molar-refractivity contribution in [2.75, 3.05) is 13.2 Å². The molecule has 1 N–H and O–H groups in total. The van der Waals surface area contributed by atoms with Crippen LogP contribution in [0.2, 0.25) is 0 Å². The van der Waals surface area contributed by atoms with E-state index in [0.29, 0.717) is 13.0 Å². The number of amides is 1. The van der Waals surface area contributed by atoms with E-state index in [9.17, 15) is 18.0 Å². The van der Waals surface area contributed by atoms with Gasteiger partial charge in [-0.1, -0.05) is 12.1 Å². The standard InChI is InChI=1S/C16H19F3N2O3/c1-3-23-10(2)4-5-11-6-7-12(8-13(11)16(17,18)19)14-9-24-15(22)21-20-14/h6-8,10H,3-5,9H2,1-2H3,(H,21,22). The van der Waals surface area contributed by atoms with Gasteiger partial charge in [-0.25, -0.2) is 10.2 Å². The Labute approximate surface area is 137 Å². The van der Waals surface area contributed by atoms with E-state index in [2.05, 4.69) is 10.5 Å². The molecule has 1 aromatic carbocycles. The lowest BCUT2D eigenvalue weighted by atomic mass is 9.97. The van der Waals surface area contributed by atoms with Gasteiger partial charge in [0.15, 0.2) is 0 Å². The molecule has 0 spiro atoms. The smallest absolute Gasteiger partial charge is 0.428 e. The average Bonchev–Trinajstić information content (AvgIpc) is 2.53. The van der Waals surface area contributed by atoms with Gasteiger partial charge < -0.3 is 9.47 Å². The van der Waals surface area contributed by atoms with Gasteiger partial charge in [0, 0.05) is 12.2 Å². The van der Waals surface area contributed by atoms with Crippen LogP contribution in [0.15, 0.2) is 23.3 Å². The largest absolute Gasteiger partial charge is 0.442 e. The molecule has 8 heteroatoms. The second kappa shape index (κ2) is 7.65. The summed E-state index contributed by atoms with van der Waals surface area (Å²) in [6.45, 7) is 4.04. The highest BCUT2D eigenvalue weighted by atomic mass is 19.4. The minimum Gasteiger partial charge on any atom is -0.442 e. The highest BCUT2D eigenvalue weighted by molar-refractivity contribution is 6.03. The average molecular weight is 344 g/mol. The minimum atomic E-state index is -4.47. The summed E-state index contributed by atoms with van der Waals surface area (Å²) in [5, 5.41) is 3.74. The molecule has 5 nitrogen and oxygen atoms in total. The number of ether oxygens (including phenoxy) is 2. The quantitative estimate of drug-likeness (QED) is 0.859. The Balaban J connectivity index is 2.24. The van der Waals surface area contributed by atoms with E-state index in [-0.39, 0.29) is 36.0 Å². The van der Waals surface area contributed by atoms with Crippen molar-refractivity contribution in [2.24, 2.45) is 5.10 Å². The molecule has 1 heterocycles. The highest BCUT2D eigenvalue weighted by Crippen LogP contribution is 2.33. The Morgan fingerprint density at radius 1 is 1.42 bits per heavy atom. The highest BCUT2D eigenvalue weighted by Gasteiger charge is 2.34. The number of carbonyl (C=O) groups is 1. The van der Waals surface area contributed by atoms with Crippen LogP contribution >= 0.6 is 0 Å². The van der Waals surface area contributed by atoms with E-state index in [1.807, 2.05) is 13.8 Å². The van der Waals surface area contributed by atoms with Gasteiger partial charge in [-0.2, -0.15) is 18.3 Å². The fourth-order valence-corrected chi connectivity index (χ4v) is 2.42. The molecule has 0 aromatic heterocycles. The molecule has 1 amide bonds. The number of nitrogens with one attached hydrogen (secondary N) is 1. The maximum Gasteiger partial charge on any atom is 0.428 e. The summed E-state index contributed by atoms with van der Waals surface area (Å²) < 4.78 is 50.2. The summed E-state index contributed by atoms with van der Waals surface area (Å²) in [6.07, 6.45) is -4.55. The monoisotopic (exact) mass is 344 g/mol. The van der Waals surface area contributed by atoms with Crippen LogP contribution in [0.3, 0.4) is 0 Å². The summed E-state index contributed by atoms with van der Waals surface area (Å²) in [4.78, 5) is 10.9. The Morgan fingerprint density at radius 3 is 2.75 bits per heavy atom. The van der Waals surface area contributed by atoms with Crippen molar-refractivity contribution in [1.29, 1.82) is 0 Å². The number of aryl methyl sites for hydroxylation is 1. The van der Waals surface area contributed by atoms with Gasteiger partial charge in [-0.3, -0.25) is 0 Å². The lowest BCUT2D eigenvalue weighted by Crippen LogP contribution is -2.31. The van der Waals surface area contributed by atoms with Crippen LogP contribution in [0.25, 0.3) is 0 Å². The maximum absolute atomic E-state index is 13.4. The number of carbonyl (C=O) groups excluding carboxylic acids is 1. The van der Waals surface area contributed by atoms with Crippen LogP contribution < -0.4 is 5.43 Å². The molecule has 0 aliphatic carbocycles. The van der Waals surface area contributed by atoms with Crippen molar-refractivity contribution in [3.05, 3.63) is 34.9 Å². The van der Waals surface area contributed by atoms with Crippen molar-refractivity contribution in [3.8, 4) is 0 Å². The summed E-state index contributed by atoms with van der Waals surface area (Å²) in [5.74, 6) is 0. The topological polar surface area (TPSA) is 59.9 Å². The number of rotatable bonds is 6. The SMILES string of the molecule is CCOC(C)CCc1ccc(C2=NNC(=O)OC2)cc1C(F)(F)F. The third kappa shape index (κ3) is 4.70. The van der Waals surface area contributed by atoms with Crippen LogP contribution in [-0.2, 0) is 22.1 Å². The summed E-state index contributed by atoms with van der Waals surface area (Å²) in [5.41, 5.74) is 2.10. The number of cyclic esters (lactones) is 1. The fraction of sp³-hybridized carbons (Fsp3) is 0.500. The first-order valence-electron chi connectivity index (χ1n) is 7.62. The number of alkyl halides is 3. The van der Waals surface area contributed by atoms with Crippen LogP contribution in [0.5, 0.6) is 0 Å².